The average Bonchev–Trinajstić information content (AvgIpc) is 3.17. The number of hydrogen-bond acceptors (Lipinski definition) is 7. The molecule has 3 unspecified atom stereocenters. The summed E-state index contributed by atoms with van der Waals surface area (Å²) in [6.07, 6.45) is 5.90. The van der Waals surface area contributed by atoms with Crippen LogP contribution in [-0.2, 0) is 10.4 Å². The number of nitrogens with zero attached hydrogens (tertiary/aromatic N) is 2. The second-order valence-corrected chi connectivity index (χ2v) is 10.7. The van der Waals surface area contributed by atoms with Crippen LogP contribution >= 0.6 is 11.3 Å². The van der Waals surface area contributed by atoms with Crippen molar-refractivity contribution in [3.63, 3.8) is 0 Å². The van der Waals surface area contributed by atoms with Gasteiger partial charge in [0, 0.05) is 12.2 Å². The lowest BCUT2D eigenvalue weighted by molar-refractivity contribution is -0.135. The van der Waals surface area contributed by atoms with Gasteiger partial charge >= 0.3 is 0 Å². The van der Waals surface area contributed by atoms with Gasteiger partial charge in [0.25, 0.3) is 5.91 Å². The molecule has 1 aliphatic carbocycles. The van der Waals surface area contributed by atoms with E-state index in [0.29, 0.717) is 11.6 Å². The van der Waals surface area contributed by atoms with Crippen molar-refractivity contribution >= 4 is 27.9 Å². The van der Waals surface area contributed by atoms with Gasteiger partial charge in [0.05, 0.1) is 30.7 Å². The number of nitrogen functional groups attached to an aromatic ring is 1. The first-order chi connectivity index (χ1) is 17.1. The average molecular weight is 518 g/mol. The van der Waals surface area contributed by atoms with Crippen molar-refractivity contribution in [2.45, 2.75) is 43.8 Å². The summed E-state index contributed by atoms with van der Waals surface area (Å²) in [6, 6.07) is 3.79. The molecule has 190 valence electrons. The Balaban J connectivity index is 1.41. The summed E-state index contributed by atoms with van der Waals surface area (Å²) in [6.45, 7) is 1.63. The molecule has 2 aliphatic rings. The predicted molar refractivity (Wildman–Crippen MR) is 131 cm³/mol. The van der Waals surface area contributed by atoms with Crippen LogP contribution in [0, 0.1) is 17.6 Å². The molecular weight excluding hydrogens is 491 g/mol. The number of nitrogens with two attached hydrogens (primary N) is 2. The summed E-state index contributed by atoms with van der Waals surface area (Å²) < 4.78 is 49.1. The van der Waals surface area contributed by atoms with E-state index in [4.69, 9.17) is 16.2 Å². The van der Waals surface area contributed by atoms with Crippen molar-refractivity contribution in [3.05, 3.63) is 59.0 Å². The van der Waals surface area contributed by atoms with E-state index in [-0.39, 0.29) is 46.4 Å². The number of thiazole rings is 1. The van der Waals surface area contributed by atoms with E-state index in [1.165, 1.54) is 0 Å². The highest BCUT2D eigenvalue weighted by Gasteiger charge is 2.42. The van der Waals surface area contributed by atoms with Crippen LogP contribution < -0.4 is 16.8 Å². The molecule has 0 radical (unpaired) electrons. The first-order valence-electron chi connectivity index (χ1n) is 11.7. The van der Waals surface area contributed by atoms with Crippen molar-refractivity contribution in [2.24, 2.45) is 11.7 Å². The number of pyridine rings is 1. The molecule has 0 bridgehead atoms. The lowest BCUT2D eigenvalue weighted by Gasteiger charge is -2.34. The second kappa shape index (κ2) is 9.45. The van der Waals surface area contributed by atoms with Gasteiger partial charge in [0.2, 0.25) is 0 Å². The number of aromatic nitrogens is 2. The number of nitrogens with one attached hydrogen (secondary N) is 1. The quantitative estimate of drug-likeness (QED) is 0.450. The third kappa shape index (κ3) is 4.58. The molecule has 36 heavy (non-hydrogen) atoms. The van der Waals surface area contributed by atoms with E-state index < -0.39 is 28.8 Å². The topological polar surface area (TPSA) is 116 Å². The van der Waals surface area contributed by atoms with Gasteiger partial charge in [-0.2, -0.15) is 0 Å². The summed E-state index contributed by atoms with van der Waals surface area (Å²) in [5, 5.41) is 2.69. The van der Waals surface area contributed by atoms with Gasteiger partial charge in [0.1, 0.15) is 21.6 Å². The Labute approximate surface area is 210 Å². The molecule has 7 nitrogen and oxygen atoms in total. The second-order valence-electron chi connectivity index (χ2n) is 9.69. The maximum Gasteiger partial charge on any atom is 0.277 e. The first-order valence-corrected chi connectivity index (χ1v) is 12.5. The minimum Gasteiger partial charge on any atom is -0.389 e. The lowest BCUT2D eigenvalue weighted by atomic mass is 9.76. The van der Waals surface area contributed by atoms with Crippen LogP contribution in [0.5, 0.6) is 0 Å². The Hall–Kier alpha value is -3.02. The Kier molecular flexibility index (Phi) is 6.48. The molecule has 2 fully saturated rings. The van der Waals surface area contributed by atoms with Crippen LogP contribution in [0.3, 0.4) is 0 Å². The number of hydrogen-bond donors (Lipinski definition) is 3. The van der Waals surface area contributed by atoms with E-state index >= 15 is 0 Å². The standard InChI is InChI=1S/C25H26F3N5O2S/c1-12-4-13(6-15(29)5-12)16-2-3-31-9-19(16)32-23(34)21-22(30)36-24(33-21)20-17(26)7-14(8-18(20)27)25(28)10-35-11-25/h2-3,7-9,12-13,15H,4-6,10-11,29-30H2,1H3,(H,32,34). The number of amides is 1. The summed E-state index contributed by atoms with van der Waals surface area (Å²) in [7, 11) is 0. The molecule has 3 heterocycles. The number of halogens is 3. The fourth-order valence-corrected chi connectivity index (χ4v) is 5.92. The SMILES string of the molecule is CC1CC(N)CC(c2ccncc2NC(=O)c2nc(-c3c(F)cc(C4(F)COC4)cc3F)sc2N)C1. The normalized spacial score (nSPS) is 23.2. The number of ether oxygens (including phenoxy) is 1. The third-order valence-electron chi connectivity index (χ3n) is 6.83. The molecule has 1 saturated heterocycles. The molecule has 1 aromatic carbocycles. The van der Waals surface area contributed by atoms with Crippen LogP contribution in [-0.4, -0.2) is 35.1 Å². The van der Waals surface area contributed by atoms with Gasteiger partial charge < -0.3 is 21.5 Å². The van der Waals surface area contributed by atoms with Crippen molar-refractivity contribution in [1.29, 1.82) is 0 Å². The Morgan fingerprint density at radius 3 is 2.58 bits per heavy atom. The molecule has 3 aromatic rings. The van der Waals surface area contributed by atoms with E-state index in [0.717, 1.165) is 48.3 Å². The summed E-state index contributed by atoms with van der Waals surface area (Å²) in [4.78, 5) is 21.4. The van der Waals surface area contributed by atoms with Gasteiger partial charge in [-0.1, -0.05) is 18.3 Å². The Morgan fingerprint density at radius 2 is 1.94 bits per heavy atom. The van der Waals surface area contributed by atoms with E-state index in [2.05, 4.69) is 22.2 Å². The number of anilines is 2. The van der Waals surface area contributed by atoms with E-state index in [1.54, 1.807) is 12.4 Å². The van der Waals surface area contributed by atoms with Crippen LogP contribution in [0.1, 0.15) is 53.7 Å². The van der Waals surface area contributed by atoms with Crippen molar-refractivity contribution in [1.82, 2.24) is 9.97 Å². The highest BCUT2D eigenvalue weighted by Crippen LogP contribution is 2.40. The highest BCUT2D eigenvalue weighted by atomic mass is 32.1. The van der Waals surface area contributed by atoms with Gasteiger partial charge in [-0.3, -0.25) is 9.78 Å². The Morgan fingerprint density at radius 1 is 1.22 bits per heavy atom. The molecule has 11 heteroatoms. The molecule has 0 spiro atoms. The van der Waals surface area contributed by atoms with Crippen LogP contribution in [0.4, 0.5) is 23.9 Å². The van der Waals surface area contributed by atoms with E-state index in [9.17, 15) is 18.0 Å². The first kappa shape index (κ1) is 24.7. The summed E-state index contributed by atoms with van der Waals surface area (Å²) in [5.41, 5.74) is 11.0. The van der Waals surface area contributed by atoms with Gasteiger partial charge in [-0.05, 0) is 60.4 Å². The number of rotatable bonds is 5. The number of alkyl halides is 1. The third-order valence-corrected chi connectivity index (χ3v) is 7.73. The molecule has 5 rings (SSSR count). The van der Waals surface area contributed by atoms with Crippen LogP contribution in [0.15, 0.2) is 30.6 Å². The van der Waals surface area contributed by atoms with Gasteiger partial charge in [0.15, 0.2) is 11.4 Å². The fourth-order valence-electron chi connectivity index (χ4n) is 5.04. The minimum absolute atomic E-state index is 0.00141. The predicted octanol–water partition coefficient (Wildman–Crippen LogP) is 4.74. The fraction of sp³-hybridized carbons (Fsp3) is 0.400. The zero-order chi connectivity index (χ0) is 25.6. The molecule has 5 N–H and O–H groups in total. The van der Waals surface area contributed by atoms with Crippen LogP contribution in [0.2, 0.25) is 0 Å². The molecule has 1 saturated carbocycles. The summed E-state index contributed by atoms with van der Waals surface area (Å²) >= 11 is 0.776. The highest BCUT2D eigenvalue weighted by molar-refractivity contribution is 7.19. The molecule has 1 aliphatic heterocycles. The van der Waals surface area contributed by atoms with Crippen molar-refractivity contribution < 1.29 is 22.7 Å². The van der Waals surface area contributed by atoms with Crippen LogP contribution in [0.25, 0.3) is 10.6 Å². The zero-order valence-corrected chi connectivity index (χ0v) is 20.4. The molecular formula is C25H26F3N5O2S. The monoisotopic (exact) mass is 517 g/mol. The zero-order valence-electron chi connectivity index (χ0n) is 19.6. The van der Waals surface area contributed by atoms with Crippen molar-refractivity contribution in [3.8, 4) is 10.6 Å². The maximum atomic E-state index is 14.9. The van der Waals surface area contributed by atoms with Crippen molar-refractivity contribution in [2.75, 3.05) is 24.3 Å². The summed E-state index contributed by atoms with van der Waals surface area (Å²) in [5.74, 6) is -2.00. The number of carbonyl (C=O) groups excluding carboxylic acids is 1. The minimum atomic E-state index is -1.92. The molecule has 3 atom stereocenters. The smallest absolute Gasteiger partial charge is 0.277 e. The number of carbonyl (C=O) groups is 1. The Bertz CT molecular complexity index is 1280. The lowest BCUT2D eigenvalue weighted by Crippen LogP contribution is -2.42. The van der Waals surface area contributed by atoms with Gasteiger partial charge in [-0.25, -0.2) is 18.2 Å². The molecule has 2 aromatic heterocycles. The van der Waals surface area contributed by atoms with E-state index in [1.807, 2.05) is 6.07 Å². The largest absolute Gasteiger partial charge is 0.389 e. The number of benzene rings is 1. The van der Waals surface area contributed by atoms with Gasteiger partial charge in [-0.15, -0.1) is 0 Å². The molecule has 1 amide bonds. The maximum absolute atomic E-state index is 14.9.